The van der Waals surface area contributed by atoms with Crippen molar-refractivity contribution in [3.8, 4) is 17.2 Å². The Morgan fingerprint density at radius 3 is 2.46 bits per heavy atom. The van der Waals surface area contributed by atoms with Crippen LogP contribution in [0.4, 0.5) is 11.8 Å². The molecule has 28 heavy (non-hydrogen) atoms. The fraction of sp³-hybridized carbons (Fsp3) is 0.150. The largest absolute Gasteiger partial charge is 0.493 e. The third-order valence-electron chi connectivity index (χ3n) is 4.42. The van der Waals surface area contributed by atoms with Gasteiger partial charge in [0.15, 0.2) is 11.5 Å². The minimum atomic E-state index is 0.379. The Balaban J connectivity index is 1.54. The van der Waals surface area contributed by atoms with Crippen LogP contribution >= 0.6 is 0 Å². The number of fused-ring (bicyclic) bond motifs is 1. The summed E-state index contributed by atoms with van der Waals surface area (Å²) in [5, 5.41) is 3.94. The molecule has 0 amide bonds. The van der Waals surface area contributed by atoms with Crippen molar-refractivity contribution in [3.63, 3.8) is 0 Å². The maximum atomic E-state index is 6.12. The topological polar surface area (TPSA) is 100 Å². The first kappa shape index (κ1) is 17.6. The number of hydrogen-bond acceptors (Lipinski definition) is 7. The third-order valence-corrected chi connectivity index (χ3v) is 4.42. The van der Waals surface area contributed by atoms with E-state index in [9.17, 15) is 0 Å². The lowest BCUT2D eigenvalue weighted by Gasteiger charge is -2.12. The lowest BCUT2D eigenvalue weighted by Crippen LogP contribution is -2.06. The number of nitrogen functional groups attached to an aromatic ring is 1. The van der Waals surface area contributed by atoms with E-state index in [-0.39, 0.29) is 0 Å². The molecule has 142 valence electrons. The van der Waals surface area contributed by atoms with Crippen molar-refractivity contribution < 1.29 is 9.47 Å². The number of aromatic nitrogens is 4. The molecule has 0 radical (unpaired) electrons. The summed E-state index contributed by atoms with van der Waals surface area (Å²) < 4.78 is 12.6. The van der Waals surface area contributed by atoms with Gasteiger partial charge in [-0.15, -0.1) is 0 Å². The molecule has 3 N–H and O–H groups in total. The minimum Gasteiger partial charge on any atom is -0.493 e. The van der Waals surface area contributed by atoms with Crippen molar-refractivity contribution in [2.75, 3.05) is 25.3 Å². The second kappa shape index (κ2) is 7.43. The summed E-state index contributed by atoms with van der Waals surface area (Å²) in [6, 6.07) is 11.7. The molecule has 0 spiro atoms. The molecule has 2 aromatic carbocycles. The number of nitrogens with one attached hydrogen (secondary N) is 1. The molecule has 0 bridgehead atoms. The van der Waals surface area contributed by atoms with E-state index in [4.69, 9.17) is 15.2 Å². The highest BCUT2D eigenvalue weighted by Gasteiger charge is 2.11. The maximum Gasteiger partial charge on any atom is 0.225 e. The van der Waals surface area contributed by atoms with Crippen molar-refractivity contribution in [2.45, 2.75) is 6.54 Å². The van der Waals surface area contributed by atoms with Crippen LogP contribution in [0.15, 0.2) is 55.1 Å². The number of nitrogens with two attached hydrogens (primary N) is 1. The summed E-state index contributed by atoms with van der Waals surface area (Å²) >= 11 is 0. The zero-order chi connectivity index (χ0) is 19.5. The highest BCUT2D eigenvalue weighted by Crippen LogP contribution is 2.33. The highest BCUT2D eigenvalue weighted by molar-refractivity contribution is 5.91. The van der Waals surface area contributed by atoms with Crippen LogP contribution in [0, 0.1) is 0 Å². The van der Waals surface area contributed by atoms with Crippen molar-refractivity contribution in [3.05, 3.63) is 60.7 Å². The molecule has 0 saturated carbocycles. The fourth-order valence-electron chi connectivity index (χ4n) is 2.94. The lowest BCUT2D eigenvalue weighted by molar-refractivity contribution is 0.356. The number of nitrogens with zero attached hydrogens (tertiary/aromatic N) is 4. The van der Waals surface area contributed by atoms with Gasteiger partial charge in [-0.3, -0.25) is 0 Å². The first-order valence-electron chi connectivity index (χ1n) is 8.68. The zero-order valence-corrected chi connectivity index (χ0v) is 15.6. The molecule has 8 nitrogen and oxygen atoms in total. The van der Waals surface area contributed by atoms with E-state index in [1.165, 1.54) is 0 Å². The van der Waals surface area contributed by atoms with E-state index in [0.29, 0.717) is 40.7 Å². The Hall–Kier alpha value is -3.81. The molecular formula is C20H20N6O2. The second-order valence-corrected chi connectivity index (χ2v) is 6.15. The SMILES string of the molecule is COc1cc2nc(NCc3ccc(-n4ccnc4)cc3)nc(N)c2cc1OC. The molecule has 2 aromatic heterocycles. The molecule has 4 rings (SSSR count). The smallest absolute Gasteiger partial charge is 0.225 e. The molecule has 0 aliphatic heterocycles. The third kappa shape index (κ3) is 3.39. The van der Waals surface area contributed by atoms with Crippen LogP contribution < -0.4 is 20.5 Å². The Labute approximate surface area is 162 Å². The van der Waals surface area contributed by atoms with Crippen LogP contribution in [0.25, 0.3) is 16.6 Å². The molecule has 0 atom stereocenters. The van der Waals surface area contributed by atoms with Gasteiger partial charge in [0.05, 0.1) is 26.1 Å². The average Bonchev–Trinajstić information content (AvgIpc) is 3.26. The number of rotatable bonds is 6. The number of imidazole rings is 1. The molecule has 0 aliphatic carbocycles. The predicted octanol–water partition coefficient (Wildman–Crippen LogP) is 3.03. The molecule has 0 unspecified atom stereocenters. The van der Waals surface area contributed by atoms with E-state index in [1.807, 2.05) is 35.0 Å². The van der Waals surface area contributed by atoms with E-state index < -0.39 is 0 Å². The Morgan fingerprint density at radius 1 is 1.04 bits per heavy atom. The van der Waals surface area contributed by atoms with Gasteiger partial charge in [0.2, 0.25) is 5.95 Å². The molecule has 0 saturated heterocycles. The van der Waals surface area contributed by atoms with E-state index in [0.717, 1.165) is 11.3 Å². The molecule has 0 fully saturated rings. The number of benzene rings is 2. The number of ether oxygens (including phenoxy) is 2. The molecule has 8 heteroatoms. The summed E-state index contributed by atoms with van der Waals surface area (Å²) in [6.45, 7) is 0.572. The number of methoxy groups -OCH3 is 2. The number of anilines is 2. The summed E-state index contributed by atoms with van der Waals surface area (Å²) in [5.74, 6) is 2.01. The standard InChI is InChI=1S/C20H20N6O2/c1-27-17-9-15-16(10-18(17)28-2)24-20(25-19(15)21)23-11-13-3-5-14(6-4-13)26-8-7-22-12-26/h3-10,12H,11H2,1-2H3,(H3,21,23,24,25). The summed E-state index contributed by atoms with van der Waals surface area (Å²) in [7, 11) is 3.16. The van der Waals surface area contributed by atoms with Crippen LogP contribution in [0.2, 0.25) is 0 Å². The van der Waals surface area contributed by atoms with Crippen molar-refractivity contribution >= 4 is 22.7 Å². The van der Waals surface area contributed by atoms with Crippen LogP contribution in [0.5, 0.6) is 11.5 Å². The molecular weight excluding hydrogens is 356 g/mol. The van der Waals surface area contributed by atoms with Gasteiger partial charge in [-0.05, 0) is 23.8 Å². The van der Waals surface area contributed by atoms with Crippen LogP contribution in [-0.2, 0) is 6.54 Å². The highest BCUT2D eigenvalue weighted by atomic mass is 16.5. The first-order chi connectivity index (χ1) is 13.7. The normalized spacial score (nSPS) is 10.8. The predicted molar refractivity (Wildman–Crippen MR) is 108 cm³/mol. The Kier molecular flexibility index (Phi) is 4.67. The summed E-state index contributed by atoms with van der Waals surface area (Å²) in [5.41, 5.74) is 8.95. The van der Waals surface area contributed by atoms with Gasteiger partial charge in [0, 0.05) is 36.1 Å². The quantitative estimate of drug-likeness (QED) is 0.533. The maximum absolute atomic E-state index is 6.12. The van der Waals surface area contributed by atoms with Crippen LogP contribution in [0.1, 0.15) is 5.56 Å². The van der Waals surface area contributed by atoms with E-state index in [1.54, 1.807) is 38.9 Å². The van der Waals surface area contributed by atoms with Gasteiger partial charge < -0.3 is 25.1 Å². The van der Waals surface area contributed by atoms with Crippen LogP contribution in [0.3, 0.4) is 0 Å². The zero-order valence-electron chi connectivity index (χ0n) is 15.6. The molecule has 2 heterocycles. The van der Waals surface area contributed by atoms with Gasteiger partial charge in [0.1, 0.15) is 5.82 Å². The average molecular weight is 376 g/mol. The van der Waals surface area contributed by atoms with Crippen molar-refractivity contribution in [2.24, 2.45) is 0 Å². The van der Waals surface area contributed by atoms with Gasteiger partial charge in [-0.1, -0.05) is 12.1 Å². The van der Waals surface area contributed by atoms with Gasteiger partial charge >= 0.3 is 0 Å². The van der Waals surface area contributed by atoms with Crippen LogP contribution in [-0.4, -0.2) is 33.7 Å². The van der Waals surface area contributed by atoms with Crippen molar-refractivity contribution in [1.82, 2.24) is 19.5 Å². The van der Waals surface area contributed by atoms with E-state index in [2.05, 4.69) is 20.3 Å². The molecule has 0 aliphatic rings. The number of hydrogen-bond donors (Lipinski definition) is 2. The van der Waals surface area contributed by atoms with Gasteiger partial charge in [-0.25, -0.2) is 9.97 Å². The van der Waals surface area contributed by atoms with E-state index >= 15 is 0 Å². The van der Waals surface area contributed by atoms with Crippen molar-refractivity contribution in [1.29, 1.82) is 0 Å². The second-order valence-electron chi connectivity index (χ2n) is 6.15. The Morgan fingerprint density at radius 2 is 1.79 bits per heavy atom. The Bertz CT molecular complexity index is 1090. The molecule has 4 aromatic rings. The monoisotopic (exact) mass is 376 g/mol. The van der Waals surface area contributed by atoms with Gasteiger partial charge in [-0.2, -0.15) is 4.98 Å². The summed E-state index contributed by atoms with van der Waals surface area (Å²) in [4.78, 5) is 13.0. The summed E-state index contributed by atoms with van der Waals surface area (Å²) in [6.07, 6.45) is 5.42. The van der Waals surface area contributed by atoms with Gasteiger partial charge in [0.25, 0.3) is 0 Å². The lowest BCUT2D eigenvalue weighted by atomic mass is 10.2. The first-order valence-corrected chi connectivity index (χ1v) is 8.68. The fourth-order valence-corrected chi connectivity index (χ4v) is 2.94. The minimum absolute atomic E-state index is 0.379.